The van der Waals surface area contributed by atoms with E-state index in [-0.39, 0.29) is 5.78 Å². The average molecular weight is 246 g/mol. The number of methoxy groups -OCH3 is 1. The first-order valence-corrected chi connectivity index (χ1v) is 6.25. The van der Waals surface area contributed by atoms with Gasteiger partial charge in [0.15, 0.2) is 0 Å². The van der Waals surface area contributed by atoms with E-state index in [1.54, 1.807) is 7.11 Å². The first-order chi connectivity index (χ1) is 8.13. The van der Waals surface area contributed by atoms with Gasteiger partial charge in [0.25, 0.3) is 0 Å². The van der Waals surface area contributed by atoms with E-state index in [1.165, 1.54) is 11.3 Å². The Morgan fingerprint density at radius 1 is 1.24 bits per heavy atom. The summed E-state index contributed by atoms with van der Waals surface area (Å²) in [5, 5.41) is 1.93. The Balaban J connectivity index is 2.48. The molecule has 0 spiro atoms. The van der Waals surface area contributed by atoms with Crippen LogP contribution in [-0.2, 0) is 0 Å². The number of ketones is 1. The second kappa shape index (κ2) is 4.72. The lowest BCUT2D eigenvalue weighted by molar-refractivity contribution is 0.103. The number of carbonyl (C=O) groups is 1. The number of benzene rings is 1. The highest BCUT2D eigenvalue weighted by molar-refractivity contribution is 7.12. The molecule has 0 bridgehead atoms. The van der Waals surface area contributed by atoms with Gasteiger partial charge in [0.2, 0.25) is 5.78 Å². The van der Waals surface area contributed by atoms with Crippen LogP contribution in [0.4, 0.5) is 0 Å². The Morgan fingerprint density at radius 2 is 2.00 bits per heavy atom. The number of rotatable bonds is 3. The van der Waals surface area contributed by atoms with Crippen LogP contribution >= 0.6 is 11.3 Å². The molecule has 0 unspecified atom stereocenters. The fourth-order valence-corrected chi connectivity index (χ4v) is 2.59. The van der Waals surface area contributed by atoms with Gasteiger partial charge in [-0.3, -0.25) is 4.79 Å². The number of ether oxygens (including phenoxy) is 1. The second-order valence-electron chi connectivity index (χ2n) is 3.97. The minimum atomic E-state index is 0.0364. The van der Waals surface area contributed by atoms with E-state index in [0.29, 0.717) is 11.3 Å². The molecule has 0 radical (unpaired) electrons. The molecule has 0 fully saturated rings. The van der Waals surface area contributed by atoms with Crippen molar-refractivity contribution < 1.29 is 9.53 Å². The SMILES string of the molecule is COc1cc(C)ccc1C(=O)c1sccc1C. The fraction of sp³-hybridized carbons (Fsp3) is 0.214. The molecule has 1 aromatic carbocycles. The summed E-state index contributed by atoms with van der Waals surface area (Å²) in [5.74, 6) is 0.678. The van der Waals surface area contributed by atoms with E-state index in [4.69, 9.17) is 4.74 Å². The molecule has 1 heterocycles. The number of hydrogen-bond acceptors (Lipinski definition) is 3. The molecule has 3 heteroatoms. The smallest absolute Gasteiger partial charge is 0.206 e. The van der Waals surface area contributed by atoms with Crippen molar-refractivity contribution in [2.24, 2.45) is 0 Å². The van der Waals surface area contributed by atoms with Gasteiger partial charge in [0.05, 0.1) is 17.6 Å². The van der Waals surface area contributed by atoms with E-state index in [0.717, 1.165) is 16.0 Å². The van der Waals surface area contributed by atoms with Gasteiger partial charge in [-0.05, 0) is 48.6 Å². The monoisotopic (exact) mass is 246 g/mol. The zero-order valence-corrected chi connectivity index (χ0v) is 10.9. The highest BCUT2D eigenvalue weighted by Crippen LogP contribution is 2.26. The van der Waals surface area contributed by atoms with Crippen LogP contribution < -0.4 is 4.74 Å². The molecule has 0 aliphatic rings. The van der Waals surface area contributed by atoms with Crippen LogP contribution in [0, 0.1) is 13.8 Å². The van der Waals surface area contributed by atoms with Crippen molar-refractivity contribution in [3.8, 4) is 5.75 Å². The fourth-order valence-electron chi connectivity index (χ4n) is 1.71. The van der Waals surface area contributed by atoms with Gasteiger partial charge in [0, 0.05) is 0 Å². The predicted octanol–water partition coefficient (Wildman–Crippen LogP) is 3.60. The largest absolute Gasteiger partial charge is 0.496 e. The Morgan fingerprint density at radius 3 is 2.59 bits per heavy atom. The molecule has 17 heavy (non-hydrogen) atoms. The van der Waals surface area contributed by atoms with E-state index in [1.807, 2.05) is 43.5 Å². The van der Waals surface area contributed by atoms with Gasteiger partial charge in [0.1, 0.15) is 5.75 Å². The summed E-state index contributed by atoms with van der Waals surface area (Å²) < 4.78 is 5.27. The summed E-state index contributed by atoms with van der Waals surface area (Å²) in [6.07, 6.45) is 0. The Bertz CT molecular complexity index is 555. The third-order valence-corrected chi connectivity index (χ3v) is 3.69. The summed E-state index contributed by atoms with van der Waals surface area (Å²) in [6.45, 7) is 3.93. The van der Waals surface area contributed by atoms with Crippen molar-refractivity contribution in [1.29, 1.82) is 0 Å². The zero-order valence-electron chi connectivity index (χ0n) is 10.1. The number of thiophene rings is 1. The lowest BCUT2D eigenvalue weighted by Crippen LogP contribution is -2.03. The summed E-state index contributed by atoms with van der Waals surface area (Å²) in [5.41, 5.74) is 2.73. The number of hydrogen-bond donors (Lipinski definition) is 0. The van der Waals surface area contributed by atoms with Gasteiger partial charge in [-0.25, -0.2) is 0 Å². The average Bonchev–Trinajstić information content (AvgIpc) is 2.74. The molecule has 0 aliphatic carbocycles. The molecule has 0 atom stereocenters. The lowest BCUT2D eigenvalue weighted by atomic mass is 10.0. The molecule has 1 aromatic heterocycles. The maximum absolute atomic E-state index is 12.3. The highest BCUT2D eigenvalue weighted by atomic mass is 32.1. The Kier molecular flexibility index (Phi) is 3.29. The van der Waals surface area contributed by atoms with Crippen molar-refractivity contribution in [2.75, 3.05) is 7.11 Å². The third-order valence-electron chi connectivity index (χ3n) is 2.67. The summed E-state index contributed by atoms with van der Waals surface area (Å²) in [4.78, 5) is 13.1. The molecule has 2 aromatic rings. The first kappa shape index (κ1) is 11.9. The molecule has 0 amide bonds. The van der Waals surface area contributed by atoms with Crippen LogP contribution in [0.2, 0.25) is 0 Å². The van der Waals surface area contributed by atoms with Crippen LogP contribution in [0.3, 0.4) is 0 Å². The van der Waals surface area contributed by atoms with E-state index in [2.05, 4.69) is 0 Å². The third kappa shape index (κ3) is 2.24. The standard InChI is InChI=1S/C14H14O2S/c1-9-4-5-11(12(8-9)16-3)13(15)14-10(2)6-7-17-14/h4-8H,1-3H3. The summed E-state index contributed by atoms with van der Waals surface area (Å²) in [6, 6.07) is 7.60. The minimum Gasteiger partial charge on any atom is -0.496 e. The first-order valence-electron chi connectivity index (χ1n) is 5.37. The maximum Gasteiger partial charge on any atom is 0.206 e. The molecule has 0 aliphatic heterocycles. The van der Waals surface area contributed by atoms with Crippen LogP contribution in [0.1, 0.15) is 26.4 Å². The molecular formula is C14H14O2S. The molecule has 0 saturated carbocycles. The molecule has 2 nitrogen and oxygen atoms in total. The van der Waals surface area contributed by atoms with Gasteiger partial charge in [-0.15, -0.1) is 11.3 Å². The minimum absolute atomic E-state index is 0.0364. The maximum atomic E-state index is 12.3. The molecule has 0 N–H and O–H groups in total. The molecule has 88 valence electrons. The van der Waals surface area contributed by atoms with E-state index in [9.17, 15) is 4.79 Å². The normalized spacial score (nSPS) is 10.3. The summed E-state index contributed by atoms with van der Waals surface area (Å²) >= 11 is 1.47. The molecule has 2 rings (SSSR count). The molecule has 0 saturated heterocycles. The van der Waals surface area contributed by atoms with Crippen molar-refractivity contribution in [3.63, 3.8) is 0 Å². The molecular weight excluding hydrogens is 232 g/mol. The number of carbonyl (C=O) groups excluding carboxylic acids is 1. The highest BCUT2D eigenvalue weighted by Gasteiger charge is 2.17. The van der Waals surface area contributed by atoms with Gasteiger partial charge < -0.3 is 4.74 Å². The van der Waals surface area contributed by atoms with E-state index >= 15 is 0 Å². The van der Waals surface area contributed by atoms with Crippen LogP contribution in [0.25, 0.3) is 0 Å². The van der Waals surface area contributed by atoms with Crippen molar-refractivity contribution in [2.45, 2.75) is 13.8 Å². The quantitative estimate of drug-likeness (QED) is 0.773. The topological polar surface area (TPSA) is 26.3 Å². The van der Waals surface area contributed by atoms with Crippen molar-refractivity contribution in [3.05, 3.63) is 51.2 Å². The van der Waals surface area contributed by atoms with Gasteiger partial charge in [-0.1, -0.05) is 6.07 Å². The van der Waals surface area contributed by atoms with Crippen LogP contribution in [-0.4, -0.2) is 12.9 Å². The van der Waals surface area contributed by atoms with Gasteiger partial charge in [-0.2, -0.15) is 0 Å². The number of aryl methyl sites for hydroxylation is 2. The summed E-state index contributed by atoms with van der Waals surface area (Å²) in [7, 11) is 1.59. The van der Waals surface area contributed by atoms with E-state index < -0.39 is 0 Å². The lowest BCUT2D eigenvalue weighted by Gasteiger charge is -2.08. The Labute approximate surface area is 105 Å². The van der Waals surface area contributed by atoms with Crippen LogP contribution in [0.15, 0.2) is 29.6 Å². The zero-order chi connectivity index (χ0) is 12.4. The van der Waals surface area contributed by atoms with Crippen molar-refractivity contribution in [1.82, 2.24) is 0 Å². The second-order valence-corrected chi connectivity index (χ2v) is 4.88. The predicted molar refractivity (Wildman–Crippen MR) is 70.2 cm³/mol. The Hall–Kier alpha value is -1.61. The van der Waals surface area contributed by atoms with Crippen molar-refractivity contribution >= 4 is 17.1 Å². The van der Waals surface area contributed by atoms with Crippen LogP contribution in [0.5, 0.6) is 5.75 Å². The van der Waals surface area contributed by atoms with Gasteiger partial charge >= 0.3 is 0 Å².